The van der Waals surface area contributed by atoms with Crippen molar-refractivity contribution in [3.8, 4) is 0 Å². The Morgan fingerprint density at radius 2 is 2.13 bits per heavy atom. The van der Waals surface area contributed by atoms with E-state index >= 15 is 0 Å². The first-order valence-corrected chi connectivity index (χ1v) is 7.85. The van der Waals surface area contributed by atoms with Crippen molar-refractivity contribution in [2.45, 2.75) is 38.0 Å². The lowest BCUT2D eigenvalue weighted by molar-refractivity contribution is -0.138. The van der Waals surface area contributed by atoms with Gasteiger partial charge >= 0.3 is 5.97 Å². The maximum Gasteiger partial charge on any atom is 0.311 e. The summed E-state index contributed by atoms with van der Waals surface area (Å²) < 4.78 is 0. The summed E-state index contributed by atoms with van der Waals surface area (Å²) in [6, 6.07) is 0. The minimum Gasteiger partial charge on any atom is -0.481 e. The van der Waals surface area contributed by atoms with Gasteiger partial charge in [0.1, 0.15) is 5.69 Å². The van der Waals surface area contributed by atoms with Crippen LogP contribution in [0.5, 0.6) is 0 Å². The van der Waals surface area contributed by atoms with E-state index in [2.05, 4.69) is 20.5 Å². The molecule has 1 aliphatic rings. The molecule has 3 rings (SSSR count). The monoisotopic (exact) mass is 316 g/mol. The van der Waals surface area contributed by atoms with Gasteiger partial charge in [0.25, 0.3) is 5.91 Å². The molecule has 0 aliphatic heterocycles. The Labute approximate surface area is 133 Å². The van der Waals surface area contributed by atoms with Crippen molar-refractivity contribution in [3.05, 3.63) is 41.0 Å². The third-order valence-electron chi connectivity index (χ3n) is 4.37. The smallest absolute Gasteiger partial charge is 0.311 e. The molecule has 7 nitrogen and oxygen atoms in total. The largest absolute Gasteiger partial charge is 0.481 e. The number of amides is 1. The summed E-state index contributed by atoms with van der Waals surface area (Å²) in [7, 11) is 0. The number of carbonyl (C=O) groups excluding carboxylic acids is 1. The predicted molar refractivity (Wildman–Crippen MR) is 83.3 cm³/mol. The van der Waals surface area contributed by atoms with Gasteiger partial charge in [-0.2, -0.15) is 5.10 Å². The van der Waals surface area contributed by atoms with Crippen molar-refractivity contribution in [2.75, 3.05) is 6.54 Å². The SMILES string of the molecule is O=C(NCCC(C(=O)O)c1cn[nH]c1)c1[nH]cc2c1CCCC2. The van der Waals surface area contributed by atoms with Crippen molar-refractivity contribution in [2.24, 2.45) is 0 Å². The highest BCUT2D eigenvalue weighted by molar-refractivity contribution is 5.94. The van der Waals surface area contributed by atoms with Crippen LogP contribution in [-0.4, -0.2) is 38.7 Å². The number of aryl methyl sites for hydroxylation is 1. The Morgan fingerprint density at radius 1 is 1.30 bits per heavy atom. The average Bonchev–Trinajstić information content (AvgIpc) is 3.20. The van der Waals surface area contributed by atoms with Crippen molar-refractivity contribution in [1.29, 1.82) is 0 Å². The van der Waals surface area contributed by atoms with Crippen molar-refractivity contribution in [3.63, 3.8) is 0 Å². The number of aromatic nitrogens is 3. The van der Waals surface area contributed by atoms with Gasteiger partial charge in [-0.15, -0.1) is 0 Å². The molecule has 2 heterocycles. The Kier molecular flexibility index (Phi) is 4.45. The topological polar surface area (TPSA) is 111 Å². The summed E-state index contributed by atoms with van der Waals surface area (Å²) in [5.74, 6) is -1.76. The van der Waals surface area contributed by atoms with Crippen LogP contribution in [0.3, 0.4) is 0 Å². The molecule has 0 bridgehead atoms. The quantitative estimate of drug-likeness (QED) is 0.648. The van der Waals surface area contributed by atoms with Gasteiger partial charge in [-0.1, -0.05) is 0 Å². The molecule has 0 radical (unpaired) electrons. The lowest BCUT2D eigenvalue weighted by Crippen LogP contribution is -2.28. The zero-order valence-corrected chi connectivity index (χ0v) is 12.8. The third kappa shape index (κ3) is 3.28. The molecule has 1 atom stereocenters. The number of aliphatic carboxylic acids is 1. The second kappa shape index (κ2) is 6.68. The molecule has 0 saturated heterocycles. The molecule has 0 saturated carbocycles. The van der Waals surface area contributed by atoms with E-state index in [1.165, 1.54) is 11.8 Å². The van der Waals surface area contributed by atoms with Gasteiger partial charge in [0, 0.05) is 24.5 Å². The summed E-state index contributed by atoms with van der Waals surface area (Å²) in [5.41, 5.74) is 3.57. The first-order valence-electron chi connectivity index (χ1n) is 7.85. The Balaban J connectivity index is 1.59. The van der Waals surface area contributed by atoms with Crippen molar-refractivity contribution in [1.82, 2.24) is 20.5 Å². The van der Waals surface area contributed by atoms with Crippen molar-refractivity contribution < 1.29 is 14.7 Å². The van der Waals surface area contributed by atoms with Gasteiger partial charge < -0.3 is 15.4 Å². The number of carbonyl (C=O) groups is 2. The van der Waals surface area contributed by atoms with Crippen LogP contribution in [-0.2, 0) is 17.6 Å². The molecule has 0 fully saturated rings. The molecule has 1 unspecified atom stereocenters. The van der Waals surface area contributed by atoms with E-state index in [0.717, 1.165) is 31.2 Å². The molecule has 23 heavy (non-hydrogen) atoms. The molecule has 1 aliphatic carbocycles. The van der Waals surface area contributed by atoms with Crippen LogP contribution >= 0.6 is 0 Å². The average molecular weight is 316 g/mol. The molecule has 122 valence electrons. The van der Waals surface area contributed by atoms with E-state index < -0.39 is 11.9 Å². The van der Waals surface area contributed by atoms with Gasteiger partial charge in [-0.25, -0.2) is 0 Å². The fraction of sp³-hybridized carbons (Fsp3) is 0.438. The summed E-state index contributed by atoms with van der Waals surface area (Å²) in [4.78, 5) is 26.7. The summed E-state index contributed by atoms with van der Waals surface area (Å²) in [6.07, 6.45) is 9.51. The van der Waals surface area contributed by atoms with E-state index in [4.69, 9.17) is 0 Å². The molecule has 1 amide bonds. The normalized spacial score (nSPS) is 15.0. The van der Waals surface area contributed by atoms with Crippen molar-refractivity contribution >= 4 is 11.9 Å². The lowest BCUT2D eigenvalue weighted by Gasteiger charge is -2.13. The van der Waals surface area contributed by atoms with Gasteiger partial charge in [-0.05, 0) is 43.2 Å². The number of nitrogens with one attached hydrogen (secondary N) is 3. The number of hydrogen-bond donors (Lipinski definition) is 4. The van der Waals surface area contributed by atoms with Crippen LogP contribution in [0, 0.1) is 0 Å². The zero-order chi connectivity index (χ0) is 16.2. The van der Waals surface area contributed by atoms with Gasteiger partial charge in [0.15, 0.2) is 0 Å². The standard InChI is InChI=1S/C16H20N4O3/c21-15(14-12-4-2-1-3-10(12)7-18-14)17-6-5-13(16(22)23)11-8-19-20-9-11/h7-9,13,18H,1-6H2,(H,17,21)(H,19,20)(H,22,23). The first kappa shape index (κ1) is 15.3. The highest BCUT2D eigenvalue weighted by Gasteiger charge is 2.22. The molecule has 2 aromatic heterocycles. The zero-order valence-electron chi connectivity index (χ0n) is 12.8. The third-order valence-corrected chi connectivity index (χ3v) is 4.37. The number of nitrogens with zero attached hydrogens (tertiary/aromatic N) is 1. The first-order chi connectivity index (χ1) is 11.2. The number of aromatic amines is 2. The Hall–Kier alpha value is -2.57. The molecule has 0 aromatic carbocycles. The number of rotatable bonds is 6. The van der Waals surface area contributed by atoms with Gasteiger partial charge in [0.2, 0.25) is 0 Å². The lowest BCUT2D eigenvalue weighted by atomic mass is 9.93. The van der Waals surface area contributed by atoms with Crippen LogP contribution < -0.4 is 5.32 Å². The second-order valence-electron chi connectivity index (χ2n) is 5.84. The molecule has 2 aromatic rings. The Morgan fingerprint density at radius 3 is 2.87 bits per heavy atom. The number of carboxylic acid groups (broad SMARTS) is 1. The van der Waals surface area contributed by atoms with Gasteiger partial charge in [-0.3, -0.25) is 14.7 Å². The van der Waals surface area contributed by atoms with E-state index in [0.29, 0.717) is 24.2 Å². The number of carboxylic acids is 1. The highest BCUT2D eigenvalue weighted by Crippen LogP contribution is 2.24. The fourth-order valence-corrected chi connectivity index (χ4v) is 3.13. The predicted octanol–water partition coefficient (Wildman–Crippen LogP) is 1.60. The summed E-state index contributed by atoms with van der Waals surface area (Å²) in [6.45, 7) is 0.300. The Bertz CT molecular complexity index is 690. The number of fused-ring (bicyclic) bond motifs is 1. The number of hydrogen-bond acceptors (Lipinski definition) is 3. The number of H-pyrrole nitrogens is 2. The minimum atomic E-state index is -0.919. The van der Waals surface area contributed by atoms with Crippen LogP contribution in [0.1, 0.15) is 52.4 Å². The molecule has 7 heteroatoms. The van der Waals surface area contributed by atoms with Gasteiger partial charge in [0.05, 0.1) is 12.1 Å². The fourth-order valence-electron chi connectivity index (χ4n) is 3.13. The minimum absolute atomic E-state index is 0.163. The maximum atomic E-state index is 12.3. The van der Waals surface area contributed by atoms with Crippen LogP contribution in [0.25, 0.3) is 0 Å². The van der Waals surface area contributed by atoms with E-state index in [1.807, 2.05) is 6.20 Å². The highest BCUT2D eigenvalue weighted by atomic mass is 16.4. The summed E-state index contributed by atoms with van der Waals surface area (Å²) in [5, 5.41) is 18.5. The molecular formula is C16H20N4O3. The van der Waals surface area contributed by atoms with E-state index in [-0.39, 0.29) is 5.91 Å². The van der Waals surface area contributed by atoms with Crippen LogP contribution in [0.2, 0.25) is 0 Å². The maximum absolute atomic E-state index is 12.3. The van der Waals surface area contributed by atoms with E-state index in [9.17, 15) is 14.7 Å². The summed E-state index contributed by atoms with van der Waals surface area (Å²) >= 11 is 0. The molecule has 0 spiro atoms. The van der Waals surface area contributed by atoms with E-state index in [1.54, 1.807) is 6.20 Å². The second-order valence-corrected chi connectivity index (χ2v) is 5.84. The molecular weight excluding hydrogens is 296 g/mol. The van der Waals surface area contributed by atoms with Crippen LogP contribution in [0.15, 0.2) is 18.6 Å². The molecule has 4 N–H and O–H groups in total. The van der Waals surface area contributed by atoms with Crippen LogP contribution in [0.4, 0.5) is 0 Å².